The monoisotopic (exact) mass is 407 g/mol. The molecule has 3 aromatic carbocycles. The van der Waals surface area contributed by atoms with Gasteiger partial charge in [-0.1, -0.05) is 30.3 Å². The van der Waals surface area contributed by atoms with E-state index in [-0.39, 0.29) is 11.3 Å². The molecular formula is C22H21N3O5. The Morgan fingerprint density at radius 1 is 0.967 bits per heavy atom. The Kier molecular flexibility index (Phi) is 6.49. The second-order valence-electron chi connectivity index (χ2n) is 6.35. The Morgan fingerprint density at radius 2 is 1.70 bits per heavy atom. The van der Waals surface area contributed by atoms with Crippen LogP contribution in [0.15, 0.2) is 66.7 Å². The molecule has 0 heterocycles. The van der Waals surface area contributed by atoms with Crippen LogP contribution in [0.5, 0.6) is 11.5 Å². The molecule has 0 fully saturated rings. The molecule has 0 atom stereocenters. The number of amides is 1. The van der Waals surface area contributed by atoms with Gasteiger partial charge in [0, 0.05) is 30.4 Å². The number of hydrogen-bond acceptors (Lipinski definition) is 6. The van der Waals surface area contributed by atoms with E-state index < -0.39 is 10.8 Å². The Balaban J connectivity index is 1.89. The van der Waals surface area contributed by atoms with Gasteiger partial charge in [0.2, 0.25) is 0 Å². The Hall–Kier alpha value is -4.07. The molecule has 1 amide bonds. The molecule has 2 N–H and O–H groups in total. The van der Waals surface area contributed by atoms with Crippen molar-refractivity contribution in [1.29, 1.82) is 0 Å². The number of carbonyl (C=O) groups excluding carboxylic acids is 1. The second kappa shape index (κ2) is 9.42. The molecule has 0 aliphatic carbocycles. The van der Waals surface area contributed by atoms with Crippen LogP contribution in [0.4, 0.5) is 17.1 Å². The van der Waals surface area contributed by atoms with Crippen LogP contribution < -0.4 is 20.1 Å². The van der Waals surface area contributed by atoms with Gasteiger partial charge in [-0.2, -0.15) is 0 Å². The molecule has 3 rings (SSSR count). The van der Waals surface area contributed by atoms with Crippen LogP contribution in [0.25, 0.3) is 0 Å². The van der Waals surface area contributed by atoms with Gasteiger partial charge in [0.15, 0.2) is 0 Å². The lowest BCUT2D eigenvalue weighted by Gasteiger charge is -2.14. The van der Waals surface area contributed by atoms with Gasteiger partial charge >= 0.3 is 0 Å². The van der Waals surface area contributed by atoms with Crippen molar-refractivity contribution in [3.05, 3.63) is 88.0 Å². The quantitative estimate of drug-likeness (QED) is 0.422. The van der Waals surface area contributed by atoms with Crippen molar-refractivity contribution in [3.63, 3.8) is 0 Å². The highest BCUT2D eigenvalue weighted by Crippen LogP contribution is 2.30. The zero-order valence-electron chi connectivity index (χ0n) is 16.5. The van der Waals surface area contributed by atoms with E-state index in [4.69, 9.17) is 9.47 Å². The Morgan fingerprint density at radius 3 is 2.37 bits per heavy atom. The molecule has 8 heteroatoms. The molecule has 8 nitrogen and oxygen atoms in total. The van der Waals surface area contributed by atoms with Gasteiger partial charge < -0.3 is 20.1 Å². The number of non-ortho nitro benzene ring substituents is 1. The van der Waals surface area contributed by atoms with E-state index >= 15 is 0 Å². The van der Waals surface area contributed by atoms with Crippen LogP contribution in [0, 0.1) is 10.1 Å². The largest absolute Gasteiger partial charge is 0.497 e. The number of benzene rings is 3. The summed E-state index contributed by atoms with van der Waals surface area (Å²) in [7, 11) is 3.01. The first kappa shape index (κ1) is 20.7. The van der Waals surface area contributed by atoms with Crippen molar-refractivity contribution in [3.8, 4) is 11.5 Å². The number of methoxy groups -OCH3 is 2. The average molecular weight is 407 g/mol. The third kappa shape index (κ3) is 4.85. The number of rotatable bonds is 8. The minimum Gasteiger partial charge on any atom is -0.497 e. The maximum atomic E-state index is 13.0. The number of nitro groups is 1. The molecule has 3 aromatic rings. The molecule has 0 unspecified atom stereocenters. The first-order valence-electron chi connectivity index (χ1n) is 9.11. The predicted molar refractivity (Wildman–Crippen MR) is 114 cm³/mol. The van der Waals surface area contributed by atoms with E-state index in [9.17, 15) is 14.9 Å². The van der Waals surface area contributed by atoms with E-state index in [1.165, 1.54) is 32.4 Å². The Bertz CT molecular complexity index is 1050. The van der Waals surface area contributed by atoms with Crippen molar-refractivity contribution < 1.29 is 19.2 Å². The molecule has 0 aromatic heterocycles. The zero-order valence-corrected chi connectivity index (χ0v) is 16.5. The van der Waals surface area contributed by atoms with E-state index in [0.717, 1.165) is 5.56 Å². The number of carbonyl (C=O) groups is 1. The Labute approximate surface area is 173 Å². The summed E-state index contributed by atoms with van der Waals surface area (Å²) in [4.78, 5) is 23.7. The van der Waals surface area contributed by atoms with E-state index in [1.807, 2.05) is 30.3 Å². The summed E-state index contributed by atoms with van der Waals surface area (Å²) in [6.07, 6.45) is 0. The molecule has 0 aliphatic heterocycles. The average Bonchev–Trinajstić information content (AvgIpc) is 2.78. The maximum absolute atomic E-state index is 13.0. The van der Waals surface area contributed by atoms with Crippen LogP contribution in [0.3, 0.4) is 0 Å². The summed E-state index contributed by atoms with van der Waals surface area (Å²) < 4.78 is 10.5. The minimum absolute atomic E-state index is 0.151. The summed E-state index contributed by atoms with van der Waals surface area (Å²) in [5.41, 5.74) is 1.89. The van der Waals surface area contributed by atoms with Crippen molar-refractivity contribution in [1.82, 2.24) is 0 Å². The van der Waals surface area contributed by atoms with E-state index in [2.05, 4.69) is 10.6 Å². The third-order valence-electron chi connectivity index (χ3n) is 4.44. The van der Waals surface area contributed by atoms with Gasteiger partial charge in [0.05, 0.1) is 30.4 Å². The minimum atomic E-state index is -0.536. The summed E-state index contributed by atoms with van der Waals surface area (Å²) in [5.74, 6) is 0.482. The molecule has 0 saturated heterocycles. The summed E-state index contributed by atoms with van der Waals surface area (Å²) >= 11 is 0. The van der Waals surface area contributed by atoms with E-state index in [0.29, 0.717) is 29.4 Å². The number of anilines is 2. The molecule has 154 valence electrons. The highest BCUT2D eigenvalue weighted by atomic mass is 16.6. The number of ether oxygens (including phenoxy) is 2. The van der Waals surface area contributed by atoms with Gasteiger partial charge in [-0.3, -0.25) is 14.9 Å². The topological polar surface area (TPSA) is 103 Å². The first-order chi connectivity index (χ1) is 14.5. The molecule has 0 spiro atoms. The number of nitrogens with zero attached hydrogens (tertiary/aromatic N) is 1. The lowest BCUT2D eigenvalue weighted by atomic mass is 10.1. The van der Waals surface area contributed by atoms with E-state index in [1.54, 1.807) is 18.2 Å². The highest BCUT2D eigenvalue weighted by Gasteiger charge is 2.18. The molecular weight excluding hydrogens is 386 g/mol. The second-order valence-corrected chi connectivity index (χ2v) is 6.35. The van der Waals surface area contributed by atoms with Crippen molar-refractivity contribution >= 4 is 23.0 Å². The summed E-state index contributed by atoms with van der Waals surface area (Å²) in [6.45, 7) is 0.463. The van der Waals surface area contributed by atoms with Crippen molar-refractivity contribution in [2.45, 2.75) is 6.54 Å². The lowest BCUT2D eigenvalue weighted by Crippen LogP contribution is -2.16. The van der Waals surface area contributed by atoms with Gasteiger partial charge in [-0.15, -0.1) is 0 Å². The number of hydrogen-bond donors (Lipinski definition) is 2. The lowest BCUT2D eigenvalue weighted by molar-refractivity contribution is -0.384. The fraction of sp³-hybridized carbons (Fsp3) is 0.136. The van der Waals surface area contributed by atoms with Crippen LogP contribution >= 0.6 is 0 Å². The van der Waals surface area contributed by atoms with Crippen molar-refractivity contribution in [2.75, 3.05) is 24.9 Å². The third-order valence-corrected chi connectivity index (χ3v) is 4.44. The van der Waals surface area contributed by atoms with Crippen molar-refractivity contribution in [2.24, 2.45) is 0 Å². The highest BCUT2D eigenvalue weighted by molar-refractivity contribution is 6.09. The van der Waals surface area contributed by atoms with Crippen LogP contribution in [0.1, 0.15) is 15.9 Å². The normalized spacial score (nSPS) is 10.2. The first-order valence-corrected chi connectivity index (χ1v) is 9.11. The van der Waals surface area contributed by atoms with Gasteiger partial charge in [-0.05, 0) is 23.8 Å². The molecule has 0 bridgehead atoms. The predicted octanol–water partition coefficient (Wildman–Crippen LogP) is 4.48. The van der Waals surface area contributed by atoms with Gasteiger partial charge in [-0.25, -0.2) is 0 Å². The molecule has 30 heavy (non-hydrogen) atoms. The zero-order chi connectivity index (χ0) is 21.5. The molecule has 0 saturated carbocycles. The number of nitrogens with one attached hydrogen (secondary N) is 2. The fourth-order valence-electron chi connectivity index (χ4n) is 2.87. The summed E-state index contributed by atoms with van der Waals surface area (Å²) in [5, 5.41) is 17.1. The van der Waals surface area contributed by atoms with Gasteiger partial charge in [0.25, 0.3) is 11.6 Å². The van der Waals surface area contributed by atoms with Crippen LogP contribution in [-0.4, -0.2) is 25.1 Å². The maximum Gasteiger partial charge on any atom is 0.270 e. The molecule has 0 radical (unpaired) electrons. The molecule has 0 aliphatic rings. The van der Waals surface area contributed by atoms with Gasteiger partial charge in [0.1, 0.15) is 11.5 Å². The van der Waals surface area contributed by atoms with Crippen LogP contribution in [0.2, 0.25) is 0 Å². The smallest absolute Gasteiger partial charge is 0.270 e. The standard InChI is InChI=1S/C22H21N3O5/c1-29-17-9-11-20(21(13-17)30-2)24-22(26)18-12-16(25(27)28)8-10-19(18)23-14-15-6-4-3-5-7-15/h3-13,23H,14H2,1-2H3,(H,24,26). The SMILES string of the molecule is COc1ccc(NC(=O)c2cc([N+](=O)[O-])ccc2NCc2ccccc2)c(OC)c1. The number of nitro benzene ring substituents is 1. The van der Waals surface area contributed by atoms with Crippen LogP contribution in [-0.2, 0) is 6.54 Å². The summed E-state index contributed by atoms with van der Waals surface area (Å²) in [6, 6.07) is 18.7. The fourth-order valence-corrected chi connectivity index (χ4v) is 2.87.